The van der Waals surface area contributed by atoms with Crippen molar-refractivity contribution in [3.05, 3.63) is 28.5 Å². The van der Waals surface area contributed by atoms with Crippen LogP contribution in [-0.2, 0) is 10.5 Å². The molecule has 0 aromatic carbocycles. The van der Waals surface area contributed by atoms with Gasteiger partial charge in [-0.2, -0.15) is 0 Å². The van der Waals surface area contributed by atoms with Gasteiger partial charge < -0.3 is 11.1 Å². The summed E-state index contributed by atoms with van der Waals surface area (Å²) < 4.78 is 15.1. The van der Waals surface area contributed by atoms with E-state index in [0.29, 0.717) is 10.3 Å². The summed E-state index contributed by atoms with van der Waals surface area (Å²) in [5.41, 5.74) is 3.83. The number of hydrogen-bond acceptors (Lipinski definition) is 3. The molecule has 0 radical (unpaired) electrons. The van der Waals surface area contributed by atoms with Crippen LogP contribution in [0, 0.1) is 0 Å². The molecule has 0 saturated carbocycles. The molecule has 1 fully saturated rings. The molecule has 6 heteroatoms. The monoisotopic (exact) mass is 287 g/mol. The Labute approximate surface area is 101 Å². The standard InChI is InChI=1S/C10H11BrFN3O/c11-8-3-1-2-7(15-8)10(12)4-6(9(13)16)14-5-10/h1-3,6,14H,4-5H2,(H2,13,16)/t6-,10?/m0/s1. The van der Waals surface area contributed by atoms with Crippen LogP contribution in [0.25, 0.3) is 0 Å². The number of pyridine rings is 1. The number of rotatable bonds is 2. The zero-order chi connectivity index (χ0) is 11.8. The summed E-state index contributed by atoms with van der Waals surface area (Å²) >= 11 is 3.19. The van der Waals surface area contributed by atoms with E-state index in [-0.39, 0.29) is 13.0 Å². The molecule has 1 aliphatic rings. The zero-order valence-electron chi connectivity index (χ0n) is 8.41. The number of halogens is 2. The minimum Gasteiger partial charge on any atom is -0.368 e. The van der Waals surface area contributed by atoms with Crippen LogP contribution in [0.5, 0.6) is 0 Å². The first-order chi connectivity index (χ1) is 7.51. The van der Waals surface area contributed by atoms with Crippen molar-refractivity contribution in [3.8, 4) is 0 Å². The number of nitrogens with one attached hydrogen (secondary N) is 1. The molecule has 1 aliphatic heterocycles. The lowest BCUT2D eigenvalue weighted by Gasteiger charge is -2.17. The van der Waals surface area contributed by atoms with Crippen LogP contribution in [0.1, 0.15) is 12.1 Å². The van der Waals surface area contributed by atoms with Crippen molar-refractivity contribution in [1.82, 2.24) is 10.3 Å². The van der Waals surface area contributed by atoms with Crippen LogP contribution in [-0.4, -0.2) is 23.5 Å². The van der Waals surface area contributed by atoms with Crippen LogP contribution in [0.15, 0.2) is 22.8 Å². The molecule has 2 atom stereocenters. The summed E-state index contributed by atoms with van der Waals surface area (Å²) in [6, 6.07) is 4.42. The number of primary amides is 1. The second-order valence-electron chi connectivity index (χ2n) is 3.85. The summed E-state index contributed by atoms with van der Waals surface area (Å²) in [7, 11) is 0. The van der Waals surface area contributed by atoms with Crippen molar-refractivity contribution < 1.29 is 9.18 Å². The van der Waals surface area contributed by atoms with E-state index in [1.54, 1.807) is 18.2 Å². The van der Waals surface area contributed by atoms with E-state index >= 15 is 0 Å². The maximum atomic E-state index is 14.5. The molecule has 16 heavy (non-hydrogen) atoms. The van der Waals surface area contributed by atoms with E-state index in [1.807, 2.05) is 0 Å². The molecule has 1 unspecified atom stereocenters. The molecule has 2 rings (SSSR count). The molecule has 3 N–H and O–H groups in total. The first-order valence-electron chi connectivity index (χ1n) is 4.86. The highest BCUT2D eigenvalue weighted by Gasteiger charge is 2.43. The van der Waals surface area contributed by atoms with Gasteiger partial charge in [0.15, 0.2) is 5.67 Å². The van der Waals surface area contributed by atoms with Gasteiger partial charge in [0.25, 0.3) is 0 Å². The van der Waals surface area contributed by atoms with Crippen molar-refractivity contribution in [2.24, 2.45) is 5.73 Å². The molecule has 4 nitrogen and oxygen atoms in total. The Kier molecular flexibility index (Phi) is 2.94. The number of aromatic nitrogens is 1. The van der Waals surface area contributed by atoms with Crippen molar-refractivity contribution in [2.75, 3.05) is 6.54 Å². The van der Waals surface area contributed by atoms with Crippen LogP contribution in [0.4, 0.5) is 4.39 Å². The Bertz CT molecular complexity index is 428. The number of hydrogen-bond donors (Lipinski definition) is 2. The number of carbonyl (C=O) groups excluding carboxylic acids is 1. The van der Waals surface area contributed by atoms with Gasteiger partial charge in [-0.3, -0.25) is 4.79 Å². The summed E-state index contributed by atoms with van der Waals surface area (Å²) in [5.74, 6) is -0.533. The smallest absolute Gasteiger partial charge is 0.234 e. The van der Waals surface area contributed by atoms with Gasteiger partial charge in [-0.15, -0.1) is 0 Å². The molecule has 1 saturated heterocycles. The molecule has 1 amide bonds. The van der Waals surface area contributed by atoms with E-state index < -0.39 is 17.6 Å². The van der Waals surface area contributed by atoms with Crippen molar-refractivity contribution >= 4 is 21.8 Å². The fraction of sp³-hybridized carbons (Fsp3) is 0.400. The maximum absolute atomic E-state index is 14.5. The summed E-state index contributed by atoms with van der Waals surface area (Å²) in [5, 5.41) is 2.76. The Morgan fingerprint density at radius 2 is 2.44 bits per heavy atom. The third kappa shape index (κ3) is 2.08. The summed E-state index contributed by atoms with van der Waals surface area (Å²) in [4.78, 5) is 15.0. The Balaban J connectivity index is 2.24. The minimum atomic E-state index is -1.62. The molecule has 2 heterocycles. The van der Waals surface area contributed by atoms with Crippen LogP contribution in [0.3, 0.4) is 0 Å². The first kappa shape index (κ1) is 11.5. The minimum absolute atomic E-state index is 0.0335. The highest BCUT2D eigenvalue weighted by Crippen LogP contribution is 2.34. The van der Waals surface area contributed by atoms with Gasteiger partial charge in [0.1, 0.15) is 4.60 Å². The average Bonchev–Trinajstić information content (AvgIpc) is 2.63. The number of nitrogens with zero attached hydrogens (tertiary/aromatic N) is 1. The topological polar surface area (TPSA) is 68.0 Å². The van der Waals surface area contributed by atoms with Crippen LogP contribution >= 0.6 is 15.9 Å². The Morgan fingerprint density at radius 3 is 3.00 bits per heavy atom. The van der Waals surface area contributed by atoms with Crippen molar-refractivity contribution in [1.29, 1.82) is 0 Å². The van der Waals surface area contributed by atoms with E-state index in [1.165, 1.54) is 0 Å². The Morgan fingerprint density at radius 1 is 1.69 bits per heavy atom. The van der Waals surface area contributed by atoms with Crippen molar-refractivity contribution in [2.45, 2.75) is 18.1 Å². The molecule has 0 spiro atoms. The third-order valence-electron chi connectivity index (χ3n) is 2.67. The average molecular weight is 288 g/mol. The lowest BCUT2D eigenvalue weighted by atomic mass is 9.97. The van der Waals surface area contributed by atoms with Gasteiger partial charge in [0, 0.05) is 13.0 Å². The van der Waals surface area contributed by atoms with Gasteiger partial charge in [-0.1, -0.05) is 6.07 Å². The first-order valence-corrected chi connectivity index (χ1v) is 5.65. The van der Waals surface area contributed by atoms with Crippen LogP contribution in [0.2, 0.25) is 0 Å². The molecule has 1 aromatic heterocycles. The largest absolute Gasteiger partial charge is 0.368 e. The molecule has 86 valence electrons. The highest BCUT2D eigenvalue weighted by atomic mass is 79.9. The molecule has 0 aliphatic carbocycles. The van der Waals surface area contributed by atoms with Crippen molar-refractivity contribution in [3.63, 3.8) is 0 Å². The number of nitrogens with two attached hydrogens (primary N) is 1. The molecular weight excluding hydrogens is 277 g/mol. The number of amides is 1. The van der Waals surface area contributed by atoms with Gasteiger partial charge >= 0.3 is 0 Å². The highest BCUT2D eigenvalue weighted by molar-refractivity contribution is 9.10. The molecular formula is C10H11BrFN3O. The van der Waals surface area contributed by atoms with Gasteiger partial charge in [0.05, 0.1) is 11.7 Å². The zero-order valence-corrected chi connectivity index (χ0v) is 10.00. The lowest BCUT2D eigenvalue weighted by Crippen LogP contribution is -2.36. The van der Waals surface area contributed by atoms with E-state index in [2.05, 4.69) is 26.2 Å². The van der Waals surface area contributed by atoms with E-state index in [4.69, 9.17) is 5.73 Å². The van der Waals surface area contributed by atoms with E-state index in [0.717, 1.165) is 0 Å². The molecule has 0 bridgehead atoms. The third-order valence-corrected chi connectivity index (χ3v) is 3.12. The quantitative estimate of drug-likeness (QED) is 0.793. The number of carbonyl (C=O) groups is 1. The van der Waals surface area contributed by atoms with Gasteiger partial charge in [-0.25, -0.2) is 9.37 Å². The number of alkyl halides is 1. The fourth-order valence-corrected chi connectivity index (χ4v) is 2.15. The summed E-state index contributed by atoms with van der Waals surface area (Å²) in [6.45, 7) is 0.0596. The van der Waals surface area contributed by atoms with Crippen LogP contribution < -0.4 is 11.1 Å². The normalized spacial score (nSPS) is 29.2. The SMILES string of the molecule is NC(=O)[C@@H]1CC(F)(c2cccc(Br)n2)CN1. The maximum Gasteiger partial charge on any atom is 0.234 e. The van der Waals surface area contributed by atoms with Gasteiger partial charge in [0.2, 0.25) is 5.91 Å². The fourth-order valence-electron chi connectivity index (χ4n) is 1.81. The van der Waals surface area contributed by atoms with Gasteiger partial charge in [-0.05, 0) is 28.1 Å². The Hall–Kier alpha value is -1.01. The second-order valence-corrected chi connectivity index (χ2v) is 4.66. The predicted octanol–water partition coefficient (Wildman–Crippen LogP) is 0.856. The lowest BCUT2D eigenvalue weighted by molar-refractivity contribution is -0.119. The summed E-state index contributed by atoms with van der Waals surface area (Å²) in [6.07, 6.45) is 0.0335. The van der Waals surface area contributed by atoms with E-state index in [9.17, 15) is 9.18 Å². The predicted molar refractivity (Wildman–Crippen MR) is 60.3 cm³/mol. The molecule has 1 aromatic rings. The second kappa shape index (κ2) is 4.10.